The Hall–Kier alpha value is -1.63. The molecule has 166 valence electrons. The van der Waals surface area contributed by atoms with E-state index in [4.69, 9.17) is 9.47 Å². The Morgan fingerprint density at radius 3 is 2.55 bits per heavy atom. The highest BCUT2D eigenvalue weighted by atomic mass is 127. The highest BCUT2D eigenvalue weighted by Gasteiger charge is 2.34. The highest BCUT2D eigenvalue weighted by molar-refractivity contribution is 14.0. The Balaban J connectivity index is 0.00000420. The molecule has 1 aromatic rings. The van der Waals surface area contributed by atoms with E-state index in [-0.39, 0.29) is 36.1 Å². The number of nitrogens with zero attached hydrogens (tertiary/aromatic N) is 5. The number of aryl methyl sites for hydroxylation is 1. The minimum Gasteiger partial charge on any atom is -0.444 e. The predicted octanol–water partition coefficient (Wildman–Crippen LogP) is 1.43. The number of amides is 1. The second kappa shape index (κ2) is 11.5. The van der Waals surface area contributed by atoms with E-state index in [2.05, 4.69) is 25.8 Å². The van der Waals surface area contributed by atoms with Crippen LogP contribution >= 0.6 is 24.0 Å². The maximum Gasteiger partial charge on any atom is 0.410 e. The van der Waals surface area contributed by atoms with Crippen LogP contribution in [-0.4, -0.2) is 76.7 Å². The van der Waals surface area contributed by atoms with E-state index in [1.54, 1.807) is 12.0 Å². The van der Waals surface area contributed by atoms with Crippen molar-refractivity contribution in [2.24, 2.45) is 12.0 Å². The molecule has 2 heterocycles. The third-order valence-corrected chi connectivity index (χ3v) is 4.25. The fraction of sp³-hybridized carbons (Fsp3) is 0.778. The van der Waals surface area contributed by atoms with Gasteiger partial charge < -0.3 is 29.6 Å². The third kappa shape index (κ3) is 8.33. The van der Waals surface area contributed by atoms with Gasteiger partial charge in [0.25, 0.3) is 0 Å². The maximum atomic E-state index is 12.1. The Labute approximate surface area is 189 Å². The number of hydrogen-bond acceptors (Lipinski definition) is 6. The average molecular weight is 523 g/mol. The molecule has 2 N–H and O–H groups in total. The smallest absolute Gasteiger partial charge is 0.410 e. The molecule has 1 amide bonds. The lowest BCUT2D eigenvalue weighted by Crippen LogP contribution is -2.63. The van der Waals surface area contributed by atoms with E-state index in [1.807, 2.05) is 39.3 Å². The molecule has 0 aromatic carbocycles. The molecule has 0 bridgehead atoms. The lowest BCUT2D eigenvalue weighted by Gasteiger charge is -2.40. The normalized spacial score (nSPS) is 14.8. The summed E-state index contributed by atoms with van der Waals surface area (Å²) in [6.45, 7) is 10.5. The summed E-state index contributed by atoms with van der Waals surface area (Å²) in [6, 6.07) is 0.127. The van der Waals surface area contributed by atoms with E-state index in [0.717, 1.165) is 24.6 Å². The number of methoxy groups -OCH3 is 1. The van der Waals surface area contributed by atoms with Crippen molar-refractivity contribution >= 4 is 36.0 Å². The van der Waals surface area contributed by atoms with Gasteiger partial charge in [0.15, 0.2) is 11.8 Å². The standard InChI is InChI=1S/C18H33N7O3.HI/c1-13-22-23-15(24(13)5)10-20-16(19-8-7-9-27-6)21-14-11-25(12-14)17(26)28-18(2,3)4;/h14H,7-12H2,1-6H3,(H2,19,20,21);1H. The summed E-state index contributed by atoms with van der Waals surface area (Å²) in [7, 11) is 3.60. The van der Waals surface area contributed by atoms with Crippen LogP contribution < -0.4 is 10.6 Å². The highest BCUT2D eigenvalue weighted by Crippen LogP contribution is 2.15. The molecule has 1 aliphatic heterocycles. The summed E-state index contributed by atoms with van der Waals surface area (Å²) < 4.78 is 12.4. The Morgan fingerprint density at radius 2 is 2.00 bits per heavy atom. The summed E-state index contributed by atoms with van der Waals surface area (Å²) in [6.07, 6.45) is 0.585. The van der Waals surface area contributed by atoms with Gasteiger partial charge in [-0.05, 0) is 34.1 Å². The number of halogens is 1. The molecule has 0 saturated carbocycles. The van der Waals surface area contributed by atoms with Crippen molar-refractivity contribution < 1.29 is 14.3 Å². The number of rotatable bonds is 7. The van der Waals surface area contributed by atoms with E-state index in [9.17, 15) is 4.79 Å². The van der Waals surface area contributed by atoms with E-state index in [1.165, 1.54) is 0 Å². The van der Waals surface area contributed by atoms with Crippen LogP contribution in [-0.2, 0) is 23.1 Å². The zero-order valence-electron chi connectivity index (χ0n) is 18.2. The van der Waals surface area contributed by atoms with Gasteiger partial charge in [0.1, 0.15) is 18.0 Å². The van der Waals surface area contributed by atoms with Crippen LogP contribution in [0.3, 0.4) is 0 Å². The fourth-order valence-electron chi connectivity index (χ4n) is 2.55. The topological polar surface area (TPSA) is 106 Å². The first-order valence-electron chi connectivity index (χ1n) is 9.56. The molecule has 0 atom stereocenters. The molecule has 10 nitrogen and oxygen atoms in total. The molecule has 1 fully saturated rings. The number of nitrogens with one attached hydrogen (secondary N) is 2. The van der Waals surface area contributed by atoms with Crippen molar-refractivity contribution in [3.05, 3.63) is 11.6 Å². The second-order valence-electron chi connectivity index (χ2n) is 7.89. The average Bonchev–Trinajstić information content (AvgIpc) is 2.88. The zero-order chi connectivity index (χ0) is 20.7. The van der Waals surface area contributed by atoms with E-state index >= 15 is 0 Å². The van der Waals surface area contributed by atoms with Crippen LogP contribution in [0.1, 0.15) is 38.8 Å². The Kier molecular flexibility index (Phi) is 10.1. The van der Waals surface area contributed by atoms with Crippen molar-refractivity contribution in [3.63, 3.8) is 0 Å². The monoisotopic (exact) mass is 523 g/mol. The van der Waals surface area contributed by atoms with Crippen molar-refractivity contribution in [2.75, 3.05) is 33.4 Å². The Bertz CT molecular complexity index is 681. The molecule has 29 heavy (non-hydrogen) atoms. The maximum absolute atomic E-state index is 12.1. The number of guanidine groups is 1. The molecule has 1 aromatic heterocycles. The van der Waals surface area contributed by atoms with Gasteiger partial charge in [-0.2, -0.15) is 0 Å². The number of ether oxygens (including phenoxy) is 2. The van der Waals surface area contributed by atoms with E-state index < -0.39 is 5.60 Å². The summed E-state index contributed by atoms with van der Waals surface area (Å²) in [4.78, 5) is 18.4. The van der Waals surface area contributed by atoms with Gasteiger partial charge in [0.05, 0.1) is 6.04 Å². The quantitative estimate of drug-likeness (QED) is 0.241. The predicted molar refractivity (Wildman–Crippen MR) is 122 cm³/mol. The third-order valence-electron chi connectivity index (χ3n) is 4.25. The van der Waals surface area contributed by atoms with Crippen LogP contribution in [0.4, 0.5) is 4.79 Å². The van der Waals surface area contributed by atoms with Crippen LogP contribution in [0, 0.1) is 6.92 Å². The number of likely N-dealkylation sites (tertiary alicyclic amines) is 1. The summed E-state index contributed by atoms with van der Waals surface area (Å²) in [5, 5.41) is 14.9. The number of carbonyl (C=O) groups excluding carboxylic acids is 1. The van der Waals surface area contributed by atoms with Gasteiger partial charge in [-0.3, -0.25) is 0 Å². The largest absolute Gasteiger partial charge is 0.444 e. The van der Waals surface area contributed by atoms with Gasteiger partial charge in [-0.15, -0.1) is 34.2 Å². The summed E-state index contributed by atoms with van der Waals surface area (Å²) >= 11 is 0. The lowest BCUT2D eigenvalue weighted by molar-refractivity contribution is 0.00700. The fourth-order valence-corrected chi connectivity index (χ4v) is 2.55. The first-order chi connectivity index (χ1) is 13.2. The molecular weight excluding hydrogens is 489 g/mol. The lowest BCUT2D eigenvalue weighted by atomic mass is 10.1. The van der Waals surface area contributed by atoms with Crippen LogP contribution in [0.25, 0.3) is 0 Å². The summed E-state index contributed by atoms with van der Waals surface area (Å²) in [5.74, 6) is 2.32. The molecule has 1 saturated heterocycles. The van der Waals surface area contributed by atoms with Crippen molar-refractivity contribution in [3.8, 4) is 0 Å². The van der Waals surface area contributed by atoms with Crippen LogP contribution in [0.2, 0.25) is 0 Å². The molecule has 0 unspecified atom stereocenters. The van der Waals surface area contributed by atoms with Crippen LogP contribution in [0.15, 0.2) is 4.99 Å². The van der Waals surface area contributed by atoms with Crippen molar-refractivity contribution in [2.45, 2.75) is 52.3 Å². The molecule has 11 heteroatoms. The van der Waals surface area contributed by atoms with Gasteiger partial charge in [-0.25, -0.2) is 9.79 Å². The molecular formula is C18H34IN7O3. The van der Waals surface area contributed by atoms with Gasteiger partial charge in [0.2, 0.25) is 0 Å². The number of carbonyl (C=O) groups is 1. The molecule has 0 radical (unpaired) electrons. The second-order valence-corrected chi connectivity index (χ2v) is 7.89. The minimum absolute atomic E-state index is 0. The van der Waals surface area contributed by atoms with Crippen LogP contribution in [0.5, 0.6) is 0 Å². The summed E-state index contributed by atoms with van der Waals surface area (Å²) in [5.41, 5.74) is -0.487. The van der Waals surface area contributed by atoms with Crippen molar-refractivity contribution in [1.82, 2.24) is 30.3 Å². The molecule has 2 rings (SSSR count). The first-order valence-corrected chi connectivity index (χ1v) is 9.56. The molecule has 1 aliphatic rings. The van der Waals surface area contributed by atoms with Gasteiger partial charge in [0, 0.05) is 40.4 Å². The number of aromatic nitrogens is 3. The van der Waals surface area contributed by atoms with Gasteiger partial charge >= 0.3 is 6.09 Å². The first kappa shape index (κ1) is 25.4. The Morgan fingerprint density at radius 1 is 1.31 bits per heavy atom. The molecule has 0 spiro atoms. The molecule has 0 aliphatic carbocycles. The number of aliphatic imine (C=N–C) groups is 1. The number of hydrogen-bond donors (Lipinski definition) is 2. The zero-order valence-corrected chi connectivity index (χ0v) is 20.5. The SMILES string of the molecule is COCCCNC(=NCc1nnc(C)n1C)NC1CN(C(=O)OC(C)(C)C)C1.I. The van der Waals surface area contributed by atoms with Gasteiger partial charge in [-0.1, -0.05) is 0 Å². The van der Waals surface area contributed by atoms with Crippen molar-refractivity contribution in [1.29, 1.82) is 0 Å². The van der Waals surface area contributed by atoms with E-state index in [0.29, 0.717) is 32.2 Å². The minimum atomic E-state index is -0.487.